The van der Waals surface area contributed by atoms with Crippen molar-refractivity contribution in [2.45, 2.75) is 83.4 Å². The van der Waals surface area contributed by atoms with Crippen LogP contribution in [0.3, 0.4) is 0 Å². The lowest BCUT2D eigenvalue weighted by Crippen LogP contribution is -2.53. The second-order valence-corrected chi connectivity index (χ2v) is 18.2. The lowest BCUT2D eigenvalue weighted by molar-refractivity contribution is -0.152. The van der Waals surface area contributed by atoms with E-state index in [1.807, 2.05) is 13.0 Å². The van der Waals surface area contributed by atoms with E-state index >= 15 is 4.39 Å². The molecule has 16 nitrogen and oxygen atoms in total. The molecule has 81 heavy (non-hydrogen) atoms. The monoisotopic (exact) mass is 1130 g/mol. The van der Waals surface area contributed by atoms with Crippen LogP contribution < -0.4 is 25.4 Å². The zero-order chi connectivity index (χ0) is 58.4. The van der Waals surface area contributed by atoms with Crippen LogP contribution in [0.4, 0.5) is 40.7 Å². The second kappa shape index (κ2) is 30.3. The van der Waals surface area contributed by atoms with E-state index in [0.29, 0.717) is 29.5 Å². The molecule has 6 rings (SSSR count). The molecule has 0 aromatic heterocycles. The summed E-state index contributed by atoms with van der Waals surface area (Å²) >= 11 is 0. The molecule has 4 amide bonds. The zero-order valence-corrected chi connectivity index (χ0v) is 44.2. The van der Waals surface area contributed by atoms with E-state index in [2.05, 4.69) is 16.0 Å². The van der Waals surface area contributed by atoms with E-state index in [9.17, 15) is 50.7 Å². The van der Waals surface area contributed by atoms with E-state index in [-0.39, 0.29) is 68.3 Å². The van der Waals surface area contributed by atoms with Gasteiger partial charge in [-0.05, 0) is 82.5 Å². The number of carbonyl (C=O) groups excluding carboxylic acids is 6. The van der Waals surface area contributed by atoms with Crippen LogP contribution in [0.25, 0.3) is 11.1 Å². The van der Waals surface area contributed by atoms with Gasteiger partial charge in [-0.3, -0.25) is 4.79 Å². The van der Waals surface area contributed by atoms with Crippen molar-refractivity contribution in [2.75, 3.05) is 27.3 Å². The number of esters is 2. The number of carbonyl (C=O) groups is 6. The van der Waals surface area contributed by atoms with Gasteiger partial charge in [0, 0.05) is 26.4 Å². The standard InChI is InChI=1S/C59H58F6N4O12/c1-4-5-28-77-58(74)67-44(22-15-27-66-57(73)79-34-37-18-11-7-12-19-37)54(70)69(2)46(56(72)76-3)32-41-29-39(23-25-43(41)60)40-24-26-47(78-33-36-16-9-6-10-17-36)42(30-40)31-45(68-59(75)80-35-38-20-13-8-14-21-38)55(71)81-53-51(64)49(62)48(61)50(63)52(53)65/h6-14,16-21,23-26,29-30,44-46H,4-5,15,22,27-28,31-35H2,1-3H3,(H,66,73)(H,67,74)(H,68,75)/t44-,45+,46+/m1/s1. The van der Waals surface area contributed by atoms with Crippen molar-refractivity contribution < 1.29 is 83.5 Å². The number of amides is 4. The lowest BCUT2D eigenvalue weighted by Gasteiger charge is -2.30. The first-order valence-corrected chi connectivity index (χ1v) is 25.5. The topological polar surface area (TPSA) is 197 Å². The minimum Gasteiger partial charge on any atom is -0.489 e. The van der Waals surface area contributed by atoms with Gasteiger partial charge in [-0.25, -0.2) is 41.5 Å². The molecule has 428 valence electrons. The number of methoxy groups -OCH3 is 1. The normalized spacial score (nSPS) is 12.0. The number of rotatable bonds is 26. The quantitative estimate of drug-likeness (QED) is 0.00885. The van der Waals surface area contributed by atoms with Gasteiger partial charge in [-0.2, -0.15) is 8.78 Å². The Balaban J connectivity index is 1.28. The molecule has 6 aromatic carbocycles. The van der Waals surface area contributed by atoms with Crippen molar-refractivity contribution in [3.63, 3.8) is 0 Å². The van der Waals surface area contributed by atoms with Crippen molar-refractivity contribution in [3.8, 4) is 22.6 Å². The first kappa shape index (κ1) is 61.1. The summed E-state index contributed by atoms with van der Waals surface area (Å²) in [5.74, 6) is -18.3. The molecular formula is C59H58F6N4O12. The molecule has 0 fully saturated rings. The Morgan fingerprint density at radius 3 is 1.65 bits per heavy atom. The summed E-state index contributed by atoms with van der Waals surface area (Å²) in [5, 5.41) is 7.38. The van der Waals surface area contributed by atoms with Gasteiger partial charge >= 0.3 is 30.2 Å². The average molecular weight is 1130 g/mol. The molecule has 0 bridgehead atoms. The number of hydrogen-bond donors (Lipinski definition) is 3. The van der Waals surface area contributed by atoms with Crippen molar-refractivity contribution in [3.05, 3.63) is 190 Å². The first-order valence-electron chi connectivity index (χ1n) is 25.5. The van der Waals surface area contributed by atoms with Crippen LogP contribution in [0.1, 0.15) is 60.4 Å². The Bertz CT molecular complexity index is 3100. The van der Waals surface area contributed by atoms with Crippen molar-refractivity contribution >= 4 is 36.1 Å². The molecule has 6 aromatic rings. The van der Waals surface area contributed by atoms with Crippen molar-refractivity contribution in [1.29, 1.82) is 0 Å². The molecule has 0 saturated heterocycles. The van der Waals surface area contributed by atoms with E-state index < -0.39 is 108 Å². The maximum Gasteiger partial charge on any atom is 0.408 e. The van der Waals surface area contributed by atoms with Crippen LogP contribution in [0, 0.1) is 34.9 Å². The highest BCUT2D eigenvalue weighted by Crippen LogP contribution is 2.33. The summed E-state index contributed by atoms with van der Waals surface area (Å²) in [6.45, 7) is 1.60. The Morgan fingerprint density at radius 1 is 0.556 bits per heavy atom. The number of benzene rings is 6. The summed E-state index contributed by atoms with van der Waals surface area (Å²) < 4.78 is 120. The highest BCUT2D eigenvalue weighted by Gasteiger charge is 2.35. The molecule has 0 aliphatic rings. The van der Waals surface area contributed by atoms with Gasteiger partial charge in [0.1, 0.15) is 49.5 Å². The molecule has 3 N–H and O–H groups in total. The highest BCUT2D eigenvalue weighted by molar-refractivity contribution is 5.90. The summed E-state index contributed by atoms with van der Waals surface area (Å²) in [6, 6.07) is 29.5. The van der Waals surface area contributed by atoms with E-state index in [1.165, 1.54) is 31.3 Å². The number of nitrogens with zero attached hydrogens (tertiary/aromatic N) is 1. The molecule has 0 spiro atoms. The Labute approximate surface area is 462 Å². The maximum absolute atomic E-state index is 16.0. The fraction of sp³-hybridized carbons (Fsp3) is 0.288. The molecule has 0 unspecified atom stereocenters. The Hall–Kier alpha value is -9.08. The Morgan fingerprint density at radius 2 is 1.07 bits per heavy atom. The van der Waals surface area contributed by atoms with Crippen LogP contribution >= 0.6 is 0 Å². The number of hydrogen-bond acceptors (Lipinski definition) is 12. The van der Waals surface area contributed by atoms with Gasteiger partial charge in [-0.1, -0.05) is 116 Å². The Kier molecular flexibility index (Phi) is 22.9. The molecule has 0 aliphatic carbocycles. The molecular weight excluding hydrogens is 1070 g/mol. The minimum atomic E-state index is -2.51. The van der Waals surface area contributed by atoms with Gasteiger partial charge < -0.3 is 49.3 Å². The van der Waals surface area contributed by atoms with Crippen LogP contribution in [0.2, 0.25) is 0 Å². The number of likely N-dealkylation sites (N-methyl/N-ethyl adjacent to an activating group) is 1. The molecule has 0 aliphatic heterocycles. The smallest absolute Gasteiger partial charge is 0.408 e. The maximum atomic E-state index is 16.0. The van der Waals surface area contributed by atoms with E-state index in [4.69, 9.17) is 28.4 Å². The van der Waals surface area contributed by atoms with Crippen molar-refractivity contribution in [2.24, 2.45) is 0 Å². The van der Waals surface area contributed by atoms with Gasteiger partial charge in [-0.15, -0.1) is 0 Å². The van der Waals surface area contributed by atoms with Gasteiger partial charge in [0.2, 0.25) is 40.7 Å². The molecule has 22 heteroatoms. The van der Waals surface area contributed by atoms with Gasteiger partial charge in [0.05, 0.1) is 13.7 Å². The van der Waals surface area contributed by atoms with Crippen LogP contribution in [0.5, 0.6) is 11.5 Å². The molecule has 0 saturated carbocycles. The highest BCUT2D eigenvalue weighted by atomic mass is 19.2. The summed E-state index contributed by atoms with van der Waals surface area (Å²) in [7, 11) is 2.33. The fourth-order valence-corrected chi connectivity index (χ4v) is 8.02. The van der Waals surface area contributed by atoms with E-state index in [0.717, 1.165) is 23.6 Å². The van der Waals surface area contributed by atoms with Gasteiger partial charge in [0.15, 0.2) is 0 Å². The zero-order valence-electron chi connectivity index (χ0n) is 44.2. The summed E-state index contributed by atoms with van der Waals surface area (Å²) in [4.78, 5) is 81.4. The summed E-state index contributed by atoms with van der Waals surface area (Å²) in [5.41, 5.74) is 2.51. The lowest BCUT2D eigenvalue weighted by atomic mass is 9.95. The predicted molar refractivity (Wildman–Crippen MR) is 281 cm³/mol. The number of nitrogens with one attached hydrogen (secondary N) is 3. The third-order valence-electron chi connectivity index (χ3n) is 12.4. The number of unbranched alkanes of at least 4 members (excludes halogenated alkanes) is 1. The van der Waals surface area contributed by atoms with E-state index in [1.54, 1.807) is 91.0 Å². The number of halogens is 6. The SMILES string of the molecule is CCCCOC(=O)N[C@H](CCCNC(=O)OCc1ccccc1)C(=O)N(C)[C@@H](Cc1cc(-c2ccc(OCc3ccccc3)c(C[C@H](NC(=O)OCc3ccccc3)C(=O)Oc3c(F)c(F)c(F)c(F)c3F)c2)ccc1F)C(=O)OC. The fourth-order valence-electron chi connectivity index (χ4n) is 8.02. The largest absolute Gasteiger partial charge is 0.489 e. The molecule has 0 heterocycles. The van der Waals surface area contributed by atoms with Gasteiger partial charge in [0.25, 0.3) is 0 Å². The van der Waals surface area contributed by atoms with Crippen molar-refractivity contribution in [1.82, 2.24) is 20.9 Å². The van der Waals surface area contributed by atoms with Crippen LogP contribution in [-0.2, 0) is 66.0 Å². The first-order chi connectivity index (χ1) is 39.0. The van der Waals surface area contributed by atoms with Crippen LogP contribution in [0.15, 0.2) is 127 Å². The second-order valence-electron chi connectivity index (χ2n) is 18.2. The third-order valence-corrected chi connectivity index (χ3v) is 12.4. The minimum absolute atomic E-state index is 0.0102. The summed E-state index contributed by atoms with van der Waals surface area (Å²) in [6.07, 6.45) is -2.70. The van der Waals surface area contributed by atoms with Crippen LogP contribution in [-0.4, -0.2) is 86.5 Å². The molecule has 0 radical (unpaired) electrons. The predicted octanol–water partition coefficient (Wildman–Crippen LogP) is 10.4. The molecule has 3 atom stereocenters. The number of alkyl carbamates (subject to hydrolysis) is 3. The average Bonchev–Trinajstić information content (AvgIpc) is 3.64. The number of ether oxygens (including phenoxy) is 6. The third kappa shape index (κ3) is 17.7.